The van der Waals surface area contributed by atoms with Gasteiger partial charge in [0, 0.05) is 16.5 Å². The molecule has 6 heteroatoms. The molecule has 0 bridgehead atoms. The molecule has 1 N–H and O–H groups in total. The van der Waals surface area contributed by atoms with Crippen LogP contribution in [0.25, 0.3) is 15.8 Å². The number of aromatic nitrogens is 1. The maximum atomic E-state index is 10.0. The first kappa shape index (κ1) is 20.5. The Bertz CT molecular complexity index is 1220. The van der Waals surface area contributed by atoms with Crippen LogP contribution >= 0.6 is 34.7 Å². The number of aryl methyl sites for hydroxylation is 1. The number of nitriles is 1. The van der Waals surface area contributed by atoms with Crippen LogP contribution < -0.4 is 5.32 Å². The fraction of sp³-hybridized carbons (Fsp3) is 0.0833. The van der Waals surface area contributed by atoms with Gasteiger partial charge in [0.25, 0.3) is 0 Å². The van der Waals surface area contributed by atoms with Crippen molar-refractivity contribution in [3.63, 3.8) is 0 Å². The monoisotopic (exact) mass is 447 g/mol. The molecule has 3 nitrogen and oxygen atoms in total. The van der Waals surface area contributed by atoms with Crippen LogP contribution in [-0.4, -0.2) is 4.98 Å². The summed E-state index contributed by atoms with van der Waals surface area (Å²) in [6, 6.07) is 26.2. The summed E-state index contributed by atoms with van der Waals surface area (Å²) in [6.07, 6.45) is 0. The number of allylic oxidation sites excluding steroid dienone is 1. The van der Waals surface area contributed by atoms with E-state index >= 15 is 0 Å². The Morgan fingerprint density at radius 3 is 2.53 bits per heavy atom. The van der Waals surface area contributed by atoms with Crippen LogP contribution in [-0.2, 0) is 5.75 Å². The zero-order chi connectivity index (χ0) is 20.9. The highest BCUT2D eigenvalue weighted by atomic mass is 35.5. The molecule has 1 aromatic heterocycles. The molecule has 30 heavy (non-hydrogen) atoms. The van der Waals surface area contributed by atoms with Crippen LogP contribution in [0.4, 0.5) is 5.69 Å². The lowest BCUT2D eigenvalue weighted by Gasteiger charge is -2.13. The lowest BCUT2D eigenvalue weighted by atomic mass is 10.2. The molecule has 0 fully saturated rings. The molecular formula is C24H18ClN3S2. The number of halogens is 1. The van der Waals surface area contributed by atoms with Crippen molar-refractivity contribution < 1.29 is 0 Å². The van der Waals surface area contributed by atoms with Crippen LogP contribution in [0.1, 0.15) is 16.1 Å². The molecule has 0 aliphatic carbocycles. The van der Waals surface area contributed by atoms with Gasteiger partial charge < -0.3 is 5.32 Å². The Kier molecular flexibility index (Phi) is 6.39. The minimum Gasteiger partial charge on any atom is -0.349 e. The number of fused-ring (bicyclic) bond motifs is 1. The first-order valence-electron chi connectivity index (χ1n) is 9.34. The van der Waals surface area contributed by atoms with E-state index < -0.39 is 0 Å². The number of rotatable bonds is 6. The lowest BCUT2D eigenvalue weighted by molar-refractivity contribution is 1.40. The van der Waals surface area contributed by atoms with Gasteiger partial charge in [0.1, 0.15) is 16.6 Å². The summed E-state index contributed by atoms with van der Waals surface area (Å²) in [6.45, 7) is 2.05. The topological polar surface area (TPSA) is 48.7 Å². The summed E-state index contributed by atoms with van der Waals surface area (Å²) in [5.41, 5.74) is 4.57. The average molecular weight is 448 g/mol. The minimum atomic E-state index is 0.536. The number of anilines is 1. The number of nitrogens with zero attached hydrogens (tertiary/aromatic N) is 2. The molecule has 0 radical (unpaired) electrons. The summed E-state index contributed by atoms with van der Waals surface area (Å²) in [4.78, 5) is 4.69. The van der Waals surface area contributed by atoms with Gasteiger partial charge in [0.15, 0.2) is 0 Å². The SMILES string of the molecule is Cc1ccc(N/C(SCc2ccccc2Cl)=C(\C#N)c2nc3ccccc3s2)cc1. The maximum Gasteiger partial charge on any atom is 0.137 e. The van der Waals surface area contributed by atoms with Gasteiger partial charge in [-0.15, -0.1) is 23.1 Å². The normalized spacial score (nSPS) is 11.8. The molecule has 0 aliphatic rings. The van der Waals surface area contributed by atoms with Gasteiger partial charge in [-0.2, -0.15) is 5.26 Å². The third-order valence-corrected chi connectivity index (χ3v) is 6.96. The summed E-state index contributed by atoms with van der Waals surface area (Å²) in [7, 11) is 0. The van der Waals surface area contributed by atoms with Crippen LogP contribution in [0, 0.1) is 18.3 Å². The molecule has 4 aromatic rings. The first-order chi connectivity index (χ1) is 14.6. The molecule has 0 atom stereocenters. The van der Waals surface area contributed by atoms with Crippen LogP contribution in [0.3, 0.4) is 0 Å². The van der Waals surface area contributed by atoms with Crippen molar-refractivity contribution in [1.82, 2.24) is 4.98 Å². The highest BCUT2D eigenvalue weighted by molar-refractivity contribution is 8.02. The Balaban J connectivity index is 1.73. The van der Waals surface area contributed by atoms with Gasteiger partial charge in [-0.1, -0.05) is 59.6 Å². The van der Waals surface area contributed by atoms with Gasteiger partial charge in [-0.3, -0.25) is 0 Å². The Labute approximate surface area is 189 Å². The number of thiazole rings is 1. The molecule has 0 spiro atoms. The van der Waals surface area contributed by atoms with Gasteiger partial charge in [-0.05, 0) is 42.8 Å². The average Bonchev–Trinajstić information content (AvgIpc) is 3.18. The fourth-order valence-corrected chi connectivity index (χ4v) is 5.22. The van der Waals surface area contributed by atoms with Gasteiger partial charge in [-0.25, -0.2) is 4.98 Å². The van der Waals surface area contributed by atoms with Crippen LogP contribution in [0.5, 0.6) is 0 Å². The Morgan fingerprint density at radius 1 is 1.07 bits per heavy atom. The molecule has 4 rings (SSSR count). The third-order valence-electron chi connectivity index (χ3n) is 4.49. The maximum absolute atomic E-state index is 10.0. The van der Waals surface area contributed by atoms with E-state index in [4.69, 9.17) is 16.6 Å². The molecule has 3 aromatic carbocycles. The zero-order valence-corrected chi connectivity index (χ0v) is 18.6. The summed E-state index contributed by atoms with van der Waals surface area (Å²) in [5, 5.41) is 15.7. The van der Waals surface area contributed by atoms with E-state index in [1.807, 2.05) is 72.8 Å². The van der Waals surface area contributed by atoms with Gasteiger partial charge >= 0.3 is 0 Å². The smallest absolute Gasteiger partial charge is 0.137 e. The standard InChI is InChI=1S/C24H18ClN3S2/c1-16-10-12-18(13-11-16)27-23(29-15-17-6-2-3-7-20(17)25)19(14-26)24-28-21-8-4-5-9-22(21)30-24/h2-13,27H,15H2,1H3/b23-19-. The molecule has 0 amide bonds. The number of nitrogens with one attached hydrogen (secondary N) is 1. The van der Waals surface area contributed by atoms with Crippen molar-refractivity contribution in [2.24, 2.45) is 0 Å². The van der Waals surface area contributed by atoms with Crippen molar-refractivity contribution in [3.8, 4) is 6.07 Å². The summed E-state index contributed by atoms with van der Waals surface area (Å²) < 4.78 is 1.06. The molecular weight excluding hydrogens is 430 g/mol. The molecule has 148 valence electrons. The minimum absolute atomic E-state index is 0.536. The number of hydrogen-bond acceptors (Lipinski definition) is 5. The van der Waals surface area contributed by atoms with Crippen LogP contribution in [0.2, 0.25) is 5.02 Å². The van der Waals surface area contributed by atoms with E-state index in [1.54, 1.807) is 11.8 Å². The summed E-state index contributed by atoms with van der Waals surface area (Å²) in [5.74, 6) is 0.643. The van der Waals surface area contributed by atoms with Gasteiger partial charge in [0.05, 0.1) is 15.2 Å². The molecule has 0 saturated carbocycles. The van der Waals surface area contributed by atoms with E-state index in [0.717, 1.165) is 31.5 Å². The largest absolute Gasteiger partial charge is 0.349 e. The van der Waals surface area contributed by atoms with Gasteiger partial charge in [0.2, 0.25) is 0 Å². The Morgan fingerprint density at radius 2 is 1.80 bits per heavy atom. The van der Waals surface area contributed by atoms with E-state index in [9.17, 15) is 5.26 Å². The number of benzene rings is 3. The molecule has 1 heterocycles. The first-order valence-corrected chi connectivity index (χ1v) is 11.5. The molecule has 0 unspecified atom stereocenters. The van der Waals surface area contributed by atoms with Crippen molar-refractivity contribution in [2.75, 3.05) is 5.32 Å². The predicted molar refractivity (Wildman–Crippen MR) is 130 cm³/mol. The lowest BCUT2D eigenvalue weighted by Crippen LogP contribution is -2.01. The summed E-state index contributed by atoms with van der Waals surface area (Å²) >= 11 is 9.42. The van der Waals surface area contributed by atoms with Crippen molar-refractivity contribution in [1.29, 1.82) is 5.26 Å². The number of thioether (sulfide) groups is 1. The van der Waals surface area contributed by atoms with Crippen molar-refractivity contribution >= 4 is 56.2 Å². The van der Waals surface area contributed by atoms with E-state index in [1.165, 1.54) is 16.9 Å². The number of hydrogen-bond donors (Lipinski definition) is 1. The highest BCUT2D eigenvalue weighted by Gasteiger charge is 2.16. The zero-order valence-electron chi connectivity index (χ0n) is 16.2. The second kappa shape index (κ2) is 9.36. The van der Waals surface area contributed by atoms with E-state index in [-0.39, 0.29) is 0 Å². The quantitative estimate of drug-likeness (QED) is 0.311. The van der Waals surface area contributed by atoms with Crippen LogP contribution in [0.15, 0.2) is 77.8 Å². The highest BCUT2D eigenvalue weighted by Crippen LogP contribution is 2.35. The predicted octanol–water partition coefficient (Wildman–Crippen LogP) is 7.50. The van der Waals surface area contributed by atoms with Crippen molar-refractivity contribution in [2.45, 2.75) is 12.7 Å². The second-order valence-electron chi connectivity index (χ2n) is 6.67. The molecule has 0 aliphatic heterocycles. The van der Waals surface area contributed by atoms with E-state index in [2.05, 4.69) is 18.3 Å². The van der Waals surface area contributed by atoms with E-state index in [0.29, 0.717) is 16.3 Å². The molecule has 0 saturated heterocycles. The Hall–Kier alpha value is -2.78. The van der Waals surface area contributed by atoms with Crippen molar-refractivity contribution in [3.05, 3.63) is 99.0 Å². The second-order valence-corrected chi connectivity index (χ2v) is 9.10. The number of para-hydroxylation sites is 1. The third kappa shape index (κ3) is 4.68. The fourth-order valence-electron chi connectivity index (χ4n) is 2.88.